The van der Waals surface area contributed by atoms with E-state index in [4.69, 9.17) is 4.74 Å². The van der Waals surface area contributed by atoms with Gasteiger partial charge in [-0.2, -0.15) is 10.2 Å². The average molecular weight is 289 g/mol. The van der Waals surface area contributed by atoms with Crippen LogP contribution in [0, 0.1) is 0 Å². The highest BCUT2D eigenvalue weighted by molar-refractivity contribution is 5.80. The maximum atomic E-state index is 12.5. The first-order valence-corrected chi connectivity index (χ1v) is 7.11. The summed E-state index contributed by atoms with van der Waals surface area (Å²) < 4.78 is 9.23. The third kappa shape index (κ3) is 3.13. The predicted octanol–water partition coefficient (Wildman–Crippen LogP) is 0.568. The van der Waals surface area contributed by atoms with Crippen molar-refractivity contribution in [1.82, 2.24) is 24.5 Å². The molecule has 0 N–H and O–H groups in total. The van der Waals surface area contributed by atoms with Gasteiger partial charge < -0.3 is 9.64 Å². The molecule has 7 heteroatoms. The van der Waals surface area contributed by atoms with Crippen LogP contribution in [0.2, 0.25) is 0 Å². The van der Waals surface area contributed by atoms with E-state index in [-0.39, 0.29) is 18.1 Å². The Balaban J connectivity index is 1.61. The first-order valence-electron chi connectivity index (χ1n) is 7.11. The Bertz CT molecular complexity index is 566. The lowest BCUT2D eigenvalue weighted by Crippen LogP contribution is -2.49. The molecule has 3 heterocycles. The fourth-order valence-electron chi connectivity index (χ4n) is 2.53. The first kappa shape index (κ1) is 13.8. The van der Waals surface area contributed by atoms with Crippen LogP contribution in [-0.2, 0) is 16.1 Å². The van der Waals surface area contributed by atoms with Crippen LogP contribution in [0.4, 0.5) is 0 Å². The zero-order valence-corrected chi connectivity index (χ0v) is 12.0. The van der Waals surface area contributed by atoms with E-state index in [2.05, 4.69) is 10.2 Å². The number of morpholine rings is 1. The molecule has 1 amide bonds. The van der Waals surface area contributed by atoms with E-state index in [1.165, 1.54) is 0 Å². The molecule has 1 saturated heterocycles. The molecular weight excluding hydrogens is 270 g/mol. The summed E-state index contributed by atoms with van der Waals surface area (Å²) in [6.07, 6.45) is 7.11. The molecule has 21 heavy (non-hydrogen) atoms. The van der Waals surface area contributed by atoms with Crippen LogP contribution in [0.5, 0.6) is 0 Å². The zero-order valence-electron chi connectivity index (χ0n) is 12.0. The van der Waals surface area contributed by atoms with E-state index in [0.29, 0.717) is 26.2 Å². The van der Waals surface area contributed by atoms with Gasteiger partial charge in [-0.1, -0.05) is 0 Å². The molecule has 2 atom stereocenters. The van der Waals surface area contributed by atoms with Crippen LogP contribution in [0.15, 0.2) is 36.9 Å². The zero-order chi connectivity index (χ0) is 14.7. The summed E-state index contributed by atoms with van der Waals surface area (Å²) in [5, 5.41) is 8.31. The highest BCUT2D eigenvalue weighted by Crippen LogP contribution is 2.13. The van der Waals surface area contributed by atoms with Crippen molar-refractivity contribution >= 4 is 5.91 Å². The first-order chi connectivity index (χ1) is 10.2. The lowest BCUT2D eigenvalue weighted by molar-refractivity contribution is -0.142. The smallest absolute Gasteiger partial charge is 0.247 e. The van der Waals surface area contributed by atoms with Crippen molar-refractivity contribution in [3.05, 3.63) is 36.9 Å². The van der Waals surface area contributed by atoms with E-state index >= 15 is 0 Å². The van der Waals surface area contributed by atoms with Gasteiger partial charge in [0.25, 0.3) is 0 Å². The minimum atomic E-state index is -0.288. The minimum absolute atomic E-state index is 0.0209. The molecule has 0 saturated carbocycles. The van der Waals surface area contributed by atoms with Crippen molar-refractivity contribution in [2.45, 2.75) is 25.6 Å². The largest absolute Gasteiger partial charge is 0.373 e. The molecule has 2 aromatic rings. The van der Waals surface area contributed by atoms with Gasteiger partial charge in [-0.25, -0.2) is 0 Å². The van der Waals surface area contributed by atoms with Gasteiger partial charge in [0.1, 0.15) is 6.04 Å². The van der Waals surface area contributed by atoms with Crippen LogP contribution < -0.4 is 0 Å². The van der Waals surface area contributed by atoms with Crippen LogP contribution >= 0.6 is 0 Å². The summed E-state index contributed by atoms with van der Waals surface area (Å²) in [5.41, 5.74) is 0. The number of ether oxygens (including phenoxy) is 1. The number of rotatable bonds is 4. The number of aromatic nitrogens is 4. The second-order valence-electron chi connectivity index (χ2n) is 5.17. The third-order valence-electron chi connectivity index (χ3n) is 3.68. The van der Waals surface area contributed by atoms with Crippen molar-refractivity contribution < 1.29 is 9.53 Å². The van der Waals surface area contributed by atoms with Gasteiger partial charge in [-0.05, 0) is 19.1 Å². The van der Waals surface area contributed by atoms with Gasteiger partial charge >= 0.3 is 0 Å². The molecule has 0 radical (unpaired) electrons. The summed E-state index contributed by atoms with van der Waals surface area (Å²) >= 11 is 0. The topological polar surface area (TPSA) is 65.2 Å². The van der Waals surface area contributed by atoms with Crippen LogP contribution in [0.25, 0.3) is 0 Å². The van der Waals surface area contributed by atoms with Gasteiger partial charge in [0.15, 0.2) is 0 Å². The molecule has 1 aliphatic rings. The van der Waals surface area contributed by atoms with E-state index in [1.54, 1.807) is 17.1 Å². The lowest BCUT2D eigenvalue weighted by atomic mass is 10.2. The van der Waals surface area contributed by atoms with Crippen molar-refractivity contribution in [1.29, 1.82) is 0 Å². The van der Waals surface area contributed by atoms with Crippen molar-refractivity contribution in [2.24, 2.45) is 0 Å². The highest BCUT2D eigenvalue weighted by Gasteiger charge is 2.28. The lowest BCUT2D eigenvalue weighted by Gasteiger charge is -2.34. The molecule has 0 aromatic carbocycles. The van der Waals surface area contributed by atoms with Crippen molar-refractivity contribution in [2.75, 3.05) is 19.7 Å². The molecule has 112 valence electrons. The number of carbonyl (C=O) groups is 1. The van der Waals surface area contributed by atoms with Crippen LogP contribution in [-0.4, -0.2) is 56.2 Å². The van der Waals surface area contributed by atoms with Crippen molar-refractivity contribution in [3.8, 4) is 0 Å². The van der Waals surface area contributed by atoms with E-state index in [1.807, 2.05) is 41.0 Å². The van der Waals surface area contributed by atoms with Gasteiger partial charge in [0, 0.05) is 37.9 Å². The van der Waals surface area contributed by atoms with Gasteiger partial charge in [0.2, 0.25) is 5.91 Å². The Morgan fingerprint density at radius 2 is 2.14 bits per heavy atom. The number of hydrogen-bond acceptors (Lipinski definition) is 4. The molecule has 0 aliphatic carbocycles. The molecule has 1 fully saturated rings. The minimum Gasteiger partial charge on any atom is -0.373 e. The van der Waals surface area contributed by atoms with Crippen LogP contribution in [0.3, 0.4) is 0 Å². The average Bonchev–Trinajstić information content (AvgIpc) is 3.19. The number of hydrogen-bond donors (Lipinski definition) is 0. The Hall–Kier alpha value is -2.15. The predicted molar refractivity (Wildman–Crippen MR) is 75.5 cm³/mol. The quantitative estimate of drug-likeness (QED) is 0.825. The van der Waals surface area contributed by atoms with Gasteiger partial charge in [-0.3, -0.25) is 14.2 Å². The third-order valence-corrected chi connectivity index (χ3v) is 3.68. The SMILES string of the molecule is CC(C(=O)N1CCOC(Cn2cccn2)C1)n1cccn1. The Morgan fingerprint density at radius 3 is 2.86 bits per heavy atom. The molecule has 2 aromatic heterocycles. The second kappa shape index (κ2) is 6.09. The fourth-order valence-corrected chi connectivity index (χ4v) is 2.53. The Labute approximate surface area is 123 Å². The molecule has 1 aliphatic heterocycles. The van der Waals surface area contributed by atoms with E-state index in [9.17, 15) is 4.79 Å². The summed E-state index contributed by atoms with van der Waals surface area (Å²) in [7, 11) is 0. The number of nitrogens with zero attached hydrogens (tertiary/aromatic N) is 5. The molecular formula is C14H19N5O2. The number of carbonyl (C=O) groups excluding carboxylic acids is 1. The van der Waals surface area contributed by atoms with E-state index in [0.717, 1.165) is 0 Å². The highest BCUT2D eigenvalue weighted by atomic mass is 16.5. The monoisotopic (exact) mass is 289 g/mol. The van der Waals surface area contributed by atoms with Crippen molar-refractivity contribution in [3.63, 3.8) is 0 Å². The fraction of sp³-hybridized carbons (Fsp3) is 0.500. The van der Waals surface area contributed by atoms with E-state index < -0.39 is 0 Å². The van der Waals surface area contributed by atoms with Gasteiger partial charge in [-0.15, -0.1) is 0 Å². The summed E-state index contributed by atoms with van der Waals surface area (Å²) in [4.78, 5) is 14.4. The molecule has 2 unspecified atom stereocenters. The molecule has 0 bridgehead atoms. The summed E-state index contributed by atoms with van der Waals surface area (Å²) in [6, 6.07) is 3.42. The molecule has 3 rings (SSSR count). The normalized spacial score (nSPS) is 20.4. The number of amides is 1. The van der Waals surface area contributed by atoms with Crippen LogP contribution in [0.1, 0.15) is 13.0 Å². The van der Waals surface area contributed by atoms with Gasteiger partial charge in [0.05, 0.1) is 19.3 Å². The standard InChI is InChI=1S/C14H19N5O2/c1-12(19-7-3-5-16-19)14(20)17-8-9-21-13(10-17)11-18-6-2-4-15-18/h2-7,12-13H,8-11H2,1H3. The second-order valence-corrected chi connectivity index (χ2v) is 5.17. The maximum Gasteiger partial charge on any atom is 0.247 e. The molecule has 0 spiro atoms. The summed E-state index contributed by atoms with van der Waals surface area (Å²) in [5.74, 6) is 0.0764. The molecule has 7 nitrogen and oxygen atoms in total. The summed E-state index contributed by atoms with van der Waals surface area (Å²) in [6.45, 7) is 4.30. The Morgan fingerprint density at radius 1 is 1.33 bits per heavy atom. The Kier molecular flexibility index (Phi) is 4.01. The maximum absolute atomic E-state index is 12.5.